The molecule has 0 aliphatic rings. The summed E-state index contributed by atoms with van der Waals surface area (Å²) in [6.07, 6.45) is 0. The van der Waals surface area contributed by atoms with Crippen LogP contribution in [0.1, 0.15) is 21.5 Å². The zero-order valence-corrected chi connectivity index (χ0v) is 10.6. The van der Waals surface area contributed by atoms with Crippen LogP contribution in [0, 0.1) is 29.9 Å². The van der Waals surface area contributed by atoms with Crippen molar-refractivity contribution in [2.24, 2.45) is 0 Å². The summed E-state index contributed by atoms with van der Waals surface area (Å²) < 4.78 is 26.4. The highest BCUT2D eigenvalue weighted by molar-refractivity contribution is 6.04. The lowest BCUT2D eigenvalue weighted by molar-refractivity contribution is 0.102. The largest absolute Gasteiger partial charge is 0.321 e. The van der Waals surface area contributed by atoms with E-state index in [1.54, 1.807) is 13.0 Å². The first-order chi connectivity index (χ1) is 9.51. The van der Waals surface area contributed by atoms with Gasteiger partial charge in [0.1, 0.15) is 17.7 Å². The lowest BCUT2D eigenvalue weighted by Crippen LogP contribution is -2.13. The molecule has 1 N–H and O–H groups in total. The number of carbonyl (C=O) groups is 1. The predicted octanol–water partition coefficient (Wildman–Crippen LogP) is 3.40. The number of nitrogens with one attached hydrogen (secondary N) is 1. The fourth-order valence-electron chi connectivity index (χ4n) is 1.65. The number of carbonyl (C=O) groups excluding carboxylic acids is 1. The van der Waals surface area contributed by atoms with Gasteiger partial charge in [-0.3, -0.25) is 4.79 Å². The van der Waals surface area contributed by atoms with E-state index in [9.17, 15) is 13.6 Å². The average Bonchev–Trinajstić information content (AvgIpc) is 2.43. The van der Waals surface area contributed by atoms with Crippen LogP contribution in [0.5, 0.6) is 0 Å². The van der Waals surface area contributed by atoms with Crippen LogP contribution in [0.3, 0.4) is 0 Å². The molecule has 2 aromatic carbocycles. The van der Waals surface area contributed by atoms with Crippen LogP contribution in [0.2, 0.25) is 0 Å². The Kier molecular flexibility index (Phi) is 3.76. The summed E-state index contributed by atoms with van der Waals surface area (Å²) in [5, 5.41) is 11.3. The Labute approximate surface area is 114 Å². The molecule has 20 heavy (non-hydrogen) atoms. The normalized spacial score (nSPS) is 9.90. The first kappa shape index (κ1) is 13.7. The van der Waals surface area contributed by atoms with Crippen molar-refractivity contribution in [3.05, 3.63) is 64.7 Å². The summed E-state index contributed by atoms with van der Waals surface area (Å²) in [5.41, 5.74) is 0.744. The first-order valence-electron chi connectivity index (χ1n) is 5.78. The quantitative estimate of drug-likeness (QED) is 0.911. The van der Waals surface area contributed by atoms with E-state index in [1.165, 1.54) is 18.2 Å². The Morgan fingerprint density at radius 3 is 2.60 bits per heavy atom. The van der Waals surface area contributed by atoms with Crippen molar-refractivity contribution in [1.82, 2.24) is 0 Å². The van der Waals surface area contributed by atoms with Gasteiger partial charge in [-0.25, -0.2) is 8.78 Å². The van der Waals surface area contributed by atoms with Gasteiger partial charge >= 0.3 is 0 Å². The van der Waals surface area contributed by atoms with Crippen LogP contribution in [-0.2, 0) is 0 Å². The minimum Gasteiger partial charge on any atom is -0.321 e. The molecule has 0 radical (unpaired) electrons. The molecule has 1 amide bonds. The Morgan fingerprint density at radius 2 is 1.95 bits per heavy atom. The molecule has 0 aromatic heterocycles. The molecule has 0 unspecified atom stereocenters. The molecule has 2 aromatic rings. The molecule has 0 saturated carbocycles. The van der Waals surface area contributed by atoms with Gasteiger partial charge in [-0.1, -0.05) is 6.07 Å². The predicted molar refractivity (Wildman–Crippen MR) is 70.2 cm³/mol. The molecule has 0 saturated heterocycles. The highest BCUT2D eigenvalue weighted by Crippen LogP contribution is 2.18. The van der Waals surface area contributed by atoms with Gasteiger partial charge in [-0.05, 0) is 42.8 Å². The number of benzene rings is 2. The van der Waals surface area contributed by atoms with E-state index in [2.05, 4.69) is 5.32 Å². The minimum absolute atomic E-state index is 0.00549. The van der Waals surface area contributed by atoms with E-state index < -0.39 is 17.5 Å². The van der Waals surface area contributed by atoms with Crippen molar-refractivity contribution < 1.29 is 13.6 Å². The van der Waals surface area contributed by atoms with Crippen molar-refractivity contribution in [3.8, 4) is 6.07 Å². The van der Waals surface area contributed by atoms with Gasteiger partial charge in [0.05, 0.1) is 11.3 Å². The summed E-state index contributed by atoms with van der Waals surface area (Å²) in [4.78, 5) is 11.9. The molecule has 0 aliphatic heterocycles. The van der Waals surface area contributed by atoms with Gasteiger partial charge in [0.25, 0.3) is 5.91 Å². The summed E-state index contributed by atoms with van der Waals surface area (Å²) in [7, 11) is 0. The number of hydrogen-bond donors (Lipinski definition) is 1. The number of nitriles is 1. The maximum absolute atomic E-state index is 13.4. The second-order valence-corrected chi connectivity index (χ2v) is 4.22. The number of aryl methyl sites for hydroxylation is 1. The lowest BCUT2D eigenvalue weighted by atomic mass is 10.1. The molecule has 2 rings (SSSR count). The second kappa shape index (κ2) is 5.49. The van der Waals surface area contributed by atoms with Crippen molar-refractivity contribution in [2.75, 3.05) is 5.32 Å². The van der Waals surface area contributed by atoms with Crippen LogP contribution < -0.4 is 5.32 Å². The van der Waals surface area contributed by atoms with Gasteiger partial charge in [0.15, 0.2) is 0 Å². The number of rotatable bonds is 2. The summed E-state index contributed by atoms with van der Waals surface area (Å²) in [6, 6.07) is 9.30. The molecule has 0 atom stereocenters. The van der Waals surface area contributed by atoms with Crippen LogP contribution in [0.25, 0.3) is 0 Å². The Morgan fingerprint density at radius 1 is 1.20 bits per heavy atom. The first-order valence-corrected chi connectivity index (χ1v) is 5.78. The summed E-state index contributed by atoms with van der Waals surface area (Å²) >= 11 is 0. The number of anilines is 1. The minimum atomic E-state index is -0.569. The zero-order valence-electron chi connectivity index (χ0n) is 10.6. The molecule has 0 heterocycles. The third-order valence-corrected chi connectivity index (χ3v) is 2.78. The van der Waals surface area contributed by atoms with E-state index in [1.807, 2.05) is 0 Å². The molecule has 0 spiro atoms. The van der Waals surface area contributed by atoms with Crippen molar-refractivity contribution in [3.63, 3.8) is 0 Å². The van der Waals surface area contributed by atoms with Crippen LogP contribution in [0.15, 0.2) is 36.4 Å². The SMILES string of the molecule is Cc1ccc(C(=O)Nc2ccc(F)cc2C#N)cc1F. The maximum atomic E-state index is 13.4. The maximum Gasteiger partial charge on any atom is 0.255 e. The molecule has 100 valence electrons. The molecule has 0 bridgehead atoms. The van der Waals surface area contributed by atoms with Crippen molar-refractivity contribution in [2.45, 2.75) is 6.92 Å². The summed E-state index contributed by atoms with van der Waals surface area (Å²) in [6.45, 7) is 1.59. The van der Waals surface area contributed by atoms with Crippen LogP contribution in [-0.4, -0.2) is 5.91 Å². The molecule has 0 fully saturated rings. The smallest absolute Gasteiger partial charge is 0.255 e. The molecule has 5 heteroatoms. The highest BCUT2D eigenvalue weighted by Gasteiger charge is 2.11. The molecule has 3 nitrogen and oxygen atoms in total. The van der Waals surface area contributed by atoms with Crippen molar-refractivity contribution in [1.29, 1.82) is 5.26 Å². The van der Waals surface area contributed by atoms with Crippen LogP contribution >= 0.6 is 0 Å². The Balaban J connectivity index is 2.28. The monoisotopic (exact) mass is 272 g/mol. The van der Waals surface area contributed by atoms with E-state index in [0.29, 0.717) is 5.56 Å². The van der Waals surface area contributed by atoms with Crippen molar-refractivity contribution >= 4 is 11.6 Å². The van der Waals surface area contributed by atoms with Gasteiger partial charge < -0.3 is 5.32 Å². The topological polar surface area (TPSA) is 52.9 Å². The fourth-order valence-corrected chi connectivity index (χ4v) is 1.65. The van der Waals surface area contributed by atoms with Gasteiger partial charge in [-0.2, -0.15) is 5.26 Å². The summed E-state index contributed by atoms with van der Waals surface area (Å²) in [5.74, 6) is -1.62. The number of hydrogen-bond acceptors (Lipinski definition) is 2. The fraction of sp³-hybridized carbons (Fsp3) is 0.0667. The zero-order chi connectivity index (χ0) is 14.7. The Hall–Kier alpha value is -2.74. The molecular weight excluding hydrogens is 262 g/mol. The van der Waals surface area contributed by atoms with E-state index >= 15 is 0 Å². The van der Waals surface area contributed by atoms with Gasteiger partial charge in [0, 0.05) is 5.56 Å². The van der Waals surface area contributed by atoms with Gasteiger partial charge in [-0.15, -0.1) is 0 Å². The Bertz CT molecular complexity index is 720. The standard InChI is InChI=1S/C15H10F2N2O/c1-9-2-3-10(7-13(9)17)15(20)19-14-5-4-12(16)6-11(14)8-18/h2-7H,1H3,(H,19,20). The average molecular weight is 272 g/mol. The van der Waals surface area contributed by atoms with Gasteiger partial charge in [0.2, 0.25) is 0 Å². The van der Waals surface area contributed by atoms with E-state index in [-0.39, 0.29) is 16.8 Å². The molecule has 0 aliphatic carbocycles. The second-order valence-electron chi connectivity index (χ2n) is 4.22. The number of halogens is 2. The third kappa shape index (κ3) is 2.81. The van der Waals surface area contributed by atoms with E-state index in [4.69, 9.17) is 5.26 Å². The third-order valence-electron chi connectivity index (χ3n) is 2.78. The highest BCUT2D eigenvalue weighted by atomic mass is 19.1. The number of nitrogens with zero attached hydrogens (tertiary/aromatic N) is 1. The lowest BCUT2D eigenvalue weighted by Gasteiger charge is -2.07. The van der Waals surface area contributed by atoms with E-state index in [0.717, 1.165) is 18.2 Å². The number of amides is 1. The molecular formula is C15H10F2N2O. The van der Waals surface area contributed by atoms with Crippen LogP contribution in [0.4, 0.5) is 14.5 Å².